The molecule has 4 rings (SSSR count). The van der Waals surface area contributed by atoms with Gasteiger partial charge in [-0.1, -0.05) is 48.5 Å². The van der Waals surface area contributed by atoms with Crippen LogP contribution in [0.4, 0.5) is 5.69 Å². The molecular weight excluding hydrogens is 340 g/mol. The molecule has 0 aliphatic heterocycles. The molecule has 0 radical (unpaired) electrons. The minimum Gasteiger partial charge on any atom is -0.508 e. The highest BCUT2D eigenvalue weighted by Gasteiger charge is 2.15. The Morgan fingerprint density at radius 3 is 2.41 bits per heavy atom. The van der Waals surface area contributed by atoms with Crippen molar-refractivity contribution in [2.45, 2.75) is 0 Å². The van der Waals surface area contributed by atoms with E-state index in [2.05, 4.69) is 10.3 Å². The van der Waals surface area contributed by atoms with Gasteiger partial charge in [0.05, 0.1) is 22.5 Å². The minimum atomic E-state index is -0.397. The number of amides is 1. The molecule has 0 bridgehead atoms. The van der Waals surface area contributed by atoms with Crippen LogP contribution >= 0.6 is 0 Å². The number of carbonyl (C=O) groups is 1. The van der Waals surface area contributed by atoms with Gasteiger partial charge >= 0.3 is 0 Å². The molecule has 0 spiro atoms. The number of aromatic nitrogens is 1. The highest BCUT2D eigenvalue weighted by molar-refractivity contribution is 6.13. The summed E-state index contributed by atoms with van der Waals surface area (Å²) >= 11 is 0. The number of phenols is 2. The Bertz CT molecular complexity index is 1140. The summed E-state index contributed by atoms with van der Waals surface area (Å²) in [6, 6.07) is 22.7. The highest BCUT2D eigenvalue weighted by Crippen LogP contribution is 2.29. The zero-order valence-corrected chi connectivity index (χ0v) is 14.3. The summed E-state index contributed by atoms with van der Waals surface area (Å²) < 4.78 is 0. The molecule has 1 amide bonds. The number of carbonyl (C=O) groups excluding carboxylic acids is 1. The predicted molar refractivity (Wildman–Crippen MR) is 105 cm³/mol. The van der Waals surface area contributed by atoms with Crippen LogP contribution in [0.1, 0.15) is 10.4 Å². The summed E-state index contributed by atoms with van der Waals surface area (Å²) in [4.78, 5) is 17.6. The van der Waals surface area contributed by atoms with Gasteiger partial charge in [0.25, 0.3) is 5.91 Å². The lowest BCUT2D eigenvalue weighted by molar-refractivity contribution is 0.102. The lowest BCUT2D eigenvalue weighted by Gasteiger charge is -2.12. The van der Waals surface area contributed by atoms with E-state index in [0.29, 0.717) is 22.2 Å². The molecule has 0 aliphatic carbocycles. The van der Waals surface area contributed by atoms with E-state index >= 15 is 0 Å². The summed E-state index contributed by atoms with van der Waals surface area (Å²) in [7, 11) is 0. The third kappa shape index (κ3) is 3.30. The second-order valence-electron chi connectivity index (χ2n) is 6.09. The molecule has 0 saturated heterocycles. The molecule has 1 heterocycles. The maximum Gasteiger partial charge on any atom is 0.256 e. The lowest BCUT2D eigenvalue weighted by Crippen LogP contribution is -2.13. The van der Waals surface area contributed by atoms with E-state index in [1.807, 2.05) is 54.6 Å². The van der Waals surface area contributed by atoms with Gasteiger partial charge in [0.2, 0.25) is 0 Å². The molecule has 0 saturated carbocycles. The number of benzene rings is 3. The first kappa shape index (κ1) is 16.6. The maximum atomic E-state index is 12.9. The molecule has 0 unspecified atom stereocenters. The SMILES string of the molecule is O=C(Nc1cc(O)ccc1O)c1cc(-c2ccccc2)nc2ccccc12. The molecular formula is C22H16N2O3. The Kier molecular flexibility index (Phi) is 4.18. The fraction of sp³-hybridized carbons (Fsp3) is 0. The Balaban J connectivity index is 1.82. The van der Waals surface area contributed by atoms with Crippen LogP contribution in [-0.2, 0) is 0 Å². The first-order chi connectivity index (χ1) is 13.1. The van der Waals surface area contributed by atoms with Gasteiger partial charge in [-0.05, 0) is 24.3 Å². The van der Waals surface area contributed by atoms with Crippen molar-refractivity contribution in [1.29, 1.82) is 0 Å². The molecule has 132 valence electrons. The van der Waals surface area contributed by atoms with Crippen LogP contribution in [0, 0.1) is 0 Å². The normalized spacial score (nSPS) is 10.7. The summed E-state index contributed by atoms with van der Waals surface area (Å²) in [5.74, 6) is -0.567. The number of anilines is 1. The minimum absolute atomic E-state index is 0.0485. The average molecular weight is 356 g/mol. The van der Waals surface area contributed by atoms with Crippen molar-refractivity contribution in [3.8, 4) is 22.8 Å². The molecule has 5 heteroatoms. The Morgan fingerprint density at radius 2 is 1.59 bits per heavy atom. The molecule has 0 atom stereocenters. The molecule has 5 nitrogen and oxygen atoms in total. The lowest BCUT2D eigenvalue weighted by atomic mass is 10.0. The largest absolute Gasteiger partial charge is 0.508 e. The summed E-state index contributed by atoms with van der Waals surface area (Å²) in [6.45, 7) is 0. The predicted octanol–water partition coefficient (Wildman–Crippen LogP) is 4.57. The van der Waals surface area contributed by atoms with E-state index in [-0.39, 0.29) is 17.2 Å². The van der Waals surface area contributed by atoms with Crippen LogP contribution in [0.25, 0.3) is 22.2 Å². The van der Waals surface area contributed by atoms with Crippen molar-refractivity contribution in [2.75, 3.05) is 5.32 Å². The smallest absolute Gasteiger partial charge is 0.256 e. The Labute approximate surface area is 155 Å². The third-order valence-electron chi connectivity index (χ3n) is 4.26. The van der Waals surface area contributed by atoms with Crippen molar-refractivity contribution in [2.24, 2.45) is 0 Å². The summed E-state index contributed by atoms with van der Waals surface area (Å²) in [6.07, 6.45) is 0. The average Bonchev–Trinajstić information content (AvgIpc) is 2.70. The number of rotatable bonds is 3. The topological polar surface area (TPSA) is 82.5 Å². The van der Waals surface area contributed by atoms with Crippen molar-refractivity contribution >= 4 is 22.5 Å². The van der Waals surface area contributed by atoms with Crippen LogP contribution < -0.4 is 5.32 Å². The number of aromatic hydroxyl groups is 2. The zero-order chi connectivity index (χ0) is 18.8. The van der Waals surface area contributed by atoms with Crippen molar-refractivity contribution < 1.29 is 15.0 Å². The number of nitrogens with one attached hydrogen (secondary N) is 1. The number of phenolic OH excluding ortho intramolecular Hbond substituents is 2. The van der Waals surface area contributed by atoms with Crippen molar-refractivity contribution in [3.05, 3.63) is 84.4 Å². The van der Waals surface area contributed by atoms with Crippen LogP contribution in [0.15, 0.2) is 78.9 Å². The second-order valence-corrected chi connectivity index (χ2v) is 6.09. The van der Waals surface area contributed by atoms with Crippen LogP contribution in [0.3, 0.4) is 0 Å². The van der Waals surface area contributed by atoms with Gasteiger partial charge in [-0.25, -0.2) is 4.98 Å². The standard InChI is InChI=1S/C22H16N2O3/c25-15-10-11-21(26)20(12-15)24-22(27)17-13-19(14-6-2-1-3-7-14)23-18-9-5-4-8-16(17)18/h1-13,25-26H,(H,24,27). The fourth-order valence-corrected chi connectivity index (χ4v) is 2.93. The van der Waals surface area contributed by atoms with Gasteiger partial charge < -0.3 is 15.5 Å². The van der Waals surface area contributed by atoms with Gasteiger partial charge in [-0.2, -0.15) is 0 Å². The number of fused-ring (bicyclic) bond motifs is 1. The Morgan fingerprint density at radius 1 is 0.852 bits per heavy atom. The number of hydrogen-bond donors (Lipinski definition) is 3. The number of nitrogens with zero attached hydrogens (tertiary/aromatic N) is 1. The number of hydrogen-bond acceptors (Lipinski definition) is 4. The first-order valence-electron chi connectivity index (χ1n) is 8.40. The van der Waals surface area contributed by atoms with E-state index in [1.165, 1.54) is 18.2 Å². The quantitative estimate of drug-likeness (QED) is 0.371. The molecule has 0 fully saturated rings. The molecule has 0 aliphatic rings. The maximum absolute atomic E-state index is 12.9. The van der Waals surface area contributed by atoms with E-state index in [1.54, 1.807) is 6.07 Å². The molecule has 3 N–H and O–H groups in total. The third-order valence-corrected chi connectivity index (χ3v) is 4.26. The number of para-hydroxylation sites is 1. The van der Waals surface area contributed by atoms with E-state index < -0.39 is 5.91 Å². The molecule has 4 aromatic rings. The molecule has 3 aromatic carbocycles. The zero-order valence-electron chi connectivity index (χ0n) is 14.3. The first-order valence-corrected chi connectivity index (χ1v) is 8.40. The molecule has 27 heavy (non-hydrogen) atoms. The monoisotopic (exact) mass is 356 g/mol. The fourth-order valence-electron chi connectivity index (χ4n) is 2.93. The van der Waals surface area contributed by atoms with Crippen molar-refractivity contribution in [1.82, 2.24) is 4.98 Å². The Hall–Kier alpha value is -3.86. The number of pyridine rings is 1. The van der Waals surface area contributed by atoms with Gasteiger partial charge in [-0.15, -0.1) is 0 Å². The van der Waals surface area contributed by atoms with Gasteiger partial charge in [0.15, 0.2) is 0 Å². The highest BCUT2D eigenvalue weighted by atomic mass is 16.3. The van der Waals surface area contributed by atoms with Crippen LogP contribution in [-0.4, -0.2) is 21.1 Å². The molecule has 1 aromatic heterocycles. The van der Waals surface area contributed by atoms with Crippen LogP contribution in [0.5, 0.6) is 11.5 Å². The second kappa shape index (κ2) is 6.80. The van der Waals surface area contributed by atoms with Gasteiger partial charge in [-0.3, -0.25) is 4.79 Å². The van der Waals surface area contributed by atoms with E-state index in [4.69, 9.17) is 0 Å². The van der Waals surface area contributed by atoms with Gasteiger partial charge in [0.1, 0.15) is 11.5 Å². The van der Waals surface area contributed by atoms with E-state index in [0.717, 1.165) is 5.56 Å². The summed E-state index contributed by atoms with van der Waals surface area (Å²) in [5.41, 5.74) is 2.85. The van der Waals surface area contributed by atoms with E-state index in [9.17, 15) is 15.0 Å². The van der Waals surface area contributed by atoms with Crippen molar-refractivity contribution in [3.63, 3.8) is 0 Å². The van der Waals surface area contributed by atoms with Gasteiger partial charge in [0, 0.05) is 17.0 Å². The van der Waals surface area contributed by atoms with Crippen LogP contribution in [0.2, 0.25) is 0 Å². The summed E-state index contributed by atoms with van der Waals surface area (Å²) in [5, 5.41) is 22.9.